The molecule has 276 valence electrons. The molecule has 5 heteroatoms. The molecule has 46 heavy (non-hydrogen) atoms. The Morgan fingerprint density at radius 1 is 0.500 bits per heavy atom. The summed E-state index contributed by atoms with van der Waals surface area (Å²) in [5.41, 5.74) is 0. The number of hydrogen-bond donors (Lipinski definition) is 1. The zero-order chi connectivity index (χ0) is 35.1. The summed E-state index contributed by atoms with van der Waals surface area (Å²) >= 11 is 0. The molecule has 0 aliphatic carbocycles. The van der Waals surface area contributed by atoms with E-state index in [1.54, 1.807) is 6.92 Å². The van der Waals surface area contributed by atoms with Crippen molar-refractivity contribution in [2.75, 3.05) is 19.6 Å². The van der Waals surface area contributed by atoms with Crippen molar-refractivity contribution in [1.82, 2.24) is 10.2 Å². The van der Waals surface area contributed by atoms with Crippen LogP contribution in [0.2, 0.25) is 0 Å². The number of nitrogens with one attached hydrogen (secondary N) is 1. The Balaban J connectivity index is -0.00000205. The van der Waals surface area contributed by atoms with Crippen LogP contribution in [0.4, 0.5) is 0 Å². The molecule has 0 spiro atoms. The van der Waals surface area contributed by atoms with E-state index in [1.165, 1.54) is 83.5 Å². The number of carbonyl (C=O) groups is 3. The molecule has 1 N–H and O–H groups in total. The second-order valence-corrected chi connectivity index (χ2v) is 13.2. The van der Waals surface area contributed by atoms with Crippen LogP contribution in [0.15, 0.2) is 0 Å². The molecule has 0 aromatic heterocycles. The highest BCUT2D eigenvalue weighted by Crippen LogP contribution is 2.22. The molecule has 0 saturated heterocycles. The third kappa shape index (κ3) is 38.8. The van der Waals surface area contributed by atoms with E-state index < -0.39 is 0 Å². The van der Waals surface area contributed by atoms with Crippen molar-refractivity contribution in [1.29, 1.82) is 0 Å². The Morgan fingerprint density at radius 3 is 1.43 bits per heavy atom. The minimum atomic E-state index is 0.208. The van der Waals surface area contributed by atoms with E-state index in [-0.39, 0.29) is 17.6 Å². The lowest BCUT2D eigenvalue weighted by atomic mass is 9.91. The van der Waals surface area contributed by atoms with Gasteiger partial charge in [-0.2, -0.15) is 0 Å². The summed E-state index contributed by atoms with van der Waals surface area (Å²) < 4.78 is 0. The SMILES string of the molecule is CC.CCCCCC.CCCCCC(CCCCC)CCCNC(=O)CCCCCCCN(CCCCCC(C)=O)C(=O)CCC. The predicted octanol–water partition coefficient (Wildman–Crippen LogP) is 12.4. The largest absolute Gasteiger partial charge is 0.356 e. The van der Waals surface area contributed by atoms with Crippen LogP contribution < -0.4 is 5.32 Å². The number of hydrogen-bond acceptors (Lipinski definition) is 3. The number of amides is 2. The molecule has 0 aromatic rings. The first-order chi connectivity index (χ1) is 22.4. The van der Waals surface area contributed by atoms with Gasteiger partial charge in [0.25, 0.3) is 0 Å². The third-order valence-electron chi connectivity index (χ3n) is 8.61. The lowest BCUT2D eigenvalue weighted by Gasteiger charge is -2.22. The fraction of sp³-hybridized carbons (Fsp3) is 0.927. The molecule has 0 rings (SSSR count). The van der Waals surface area contributed by atoms with Crippen molar-refractivity contribution in [3.8, 4) is 0 Å². The molecule has 0 aliphatic rings. The van der Waals surface area contributed by atoms with E-state index in [9.17, 15) is 14.4 Å². The van der Waals surface area contributed by atoms with Crippen molar-refractivity contribution >= 4 is 17.6 Å². The molecule has 0 heterocycles. The summed E-state index contributed by atoms with van der Waals surface area (Å²) in [5, 5.41) is 3.15. The average Bonchev–Trinajstić information content (AvgIpc) is 3.05. The smallest absolute Gasteiger partial charge is 0.222 e. The second-order valence-electron chi connectivity index (χ2n) is 13.2. The molecule has 0 aliphatic heterocycles. The topological polar surface area (TPSA) is 66.5 Å². The van der Waals surface area contributed by atoms with Crippen molar-refractivity contribution in [2.45, 2.75) is 222 Å². The van der Waals surface area contributed by atoms with Gasteiger partial charge in [0.05, 0.1) is 0 Å². The highest BCUT2D eigenvalue weighted by atomic mass is 16.2. The Bertz CT molecular complexity index is 623. The summed E-state index contributed by atoms with van der Waals surface area (Å²) in [7, 11) is 0. The number of carbonyl (C=O) groups excluding carboxylic acids is 3. The Morgan fingerprint density at radius 2 is 0.935 bits per heavy atom. The maximum absolute atomic E-state index is 12.4. The summed E-state index contributed by atoms with van der Waals surface area (Å²) in [4.78, 5) is 37.8. The minimum Gasteiger partial charge on any atom is -0.356 e. The quantitative estimate of drug-likeness (QED) is 0.0758. The van der Waals surface area contributed by atoms with Gasteiger partial charge in [0.2, 0.25) is 11.8 Å². The van der Waals surface area contributed by atoms with E-state index >= 15 is 0 Å². The molecular formula is C41H84N2O3. The van der Waals surface area contributed by atoms with Gasteiger partial charge >= 0.3 is 0 Å². The van der Waals surface area contributed by atoms with Gasteiger partial charge in [0, 0.05) is 38.9 Å². The first-order valence-corrected chi connectivity index (χ1v) is 20.4. The molecular weight excluding hydrogens is 568 g/mol. The van der Waals surface area contributed by atoms with Crippen molar-refractivity contribution in [2.24, 2.45) is 5.92 Å². The molecule has 0 aromatic carbocycles. The first kappa shape index (κ1) is 49.0. The standard InChI is InChI=1S/C33H64N2O3.C6H14.C2H6/c1-5-8-14-23-31(24-15-9-6-2)25-20-27-34-32(37)26-17-11-10-12-18-28-35(33(38)21-7-3)29-19-13-16-22-30(4)36;1-3-5-6-4-2;1-2/h31H,5-29H2,1-4H3,(H,34,37);3-6H2,1-2H3;1-2H3. The first-order valence-electron chi connectivity index (χ1n) is 20.4. The molecule has 0 radical (unpaired) electrons. The zero-order valence-electron chi connectivity index (χ0n) is 32.8. The van der Waals surface area contributed by atoms with Crippen molar-refractivity contribution in [3.05, 3.63) is 0 Å². The number of Topliss-reactive ketones (excluding diaryl/α,β-unsaturated/α-hetero) is 1. The van der Waals surface area contributed by atoms with Gasteiger partial charge in [-0.25, -0.2) is 0 Å². The van der Waals surface area contributed by atoms with Gasteiger partial charge < -0.3 is 15.0 Å². The fourth-order valence-electron chi connectivity index (χ4n) is 5.71. The number of rotatable bonds is 31. The van der Waals surface area contributed by atoms with Crippen LogP contribution in [0, 0.1) is 5.92 Å². The van der Waals surface area contributed by atoms with Crippen LogP contribution in [0.25, 0.3) is 0 Å². The van der Waals surface area contributed by atoms with E-state index in [2.05, 4.69) is 39.9 Å². The number of ketones is 1. The third-order valence-corrected chi connectivity index (χ3v) is 8.61. The molecule has 0 saturated carbocycles. The van der Waals surface area contributed by atoms with Gasteiger partial charge in [-0.15, -0.1) is 0 Å². The van der Waals surface area contributed by atoms with Crippen LogP contribution >= 0.6 is 0 Å². The maximum Gasteiger partial charge on any atom is 0.222 e. The molecule has 0 atom stereocenters. The van der Waals surface area contributed by atoms with Crippen LogP contribution in [-0.4, -0.2) is 42.1 Å². The lowest BCUT2D eigenvalue weighted by molar-refractivity contribution is -0.131. The molecule has 0 fully saturated rings. The summed E-state index contributed by atoms with van der Waals surface area (Å²) in [5.74, 6) is 1.56. The minimum absolute atomic E-state index is 0.208. The van der Waals surface area contributed by atoms with Gasteiger partial charge in [-0.05, 0) is 57.8 Å². The van der Waals surface area contributed by atoms with Gasteiger partial charge in [0.1, 0.15) is 5.78 Å². The predicted molar refractivity (Wildman–Crippen MR) is 204 cm³/mol. The summed E-state index contributed by atoms with van der Waals surface area (Å²) in [6.45, 7) is 19.2. The maximum atomic E-state index is 12.4. The Hall–Kier alpha value is -1.39. The normalized spacial score (nSPS) is 10.5. The number of nitrogens with zero attached hydrogens (tertiary/aromatic N) is 1. The molecule has 0 unspecified atom stereocenters. The van der Waals surface area contributed by atoms with Gasteiger partial charge in [-0.3, -0.25) is 9.59 Å². The molecule has 2 amide bonds. The van der Waals surface area contributed by atoms with E-state index in [0.29, 0.717) is 19.3 Å². The van der Waals surface area contributed by atoms with E-state index in [4.69, 9.17) is 0 Å². The average molecular weight is 653 g/mol. The summed E-state index contributed by atoms with van der Waals surface area (Å²) in [6, 6.07) is 0. The highest BCUT2D eigenvalue weighted by Gasteiger charge is 2.12. The Labute approximate surface area is 289 Å². The van der Waals surface area contributed by atoms with Crippen LogP contribution in [0.3, 0.4) is 0 Å². The van der Waals surface area contributed by atoms with Crippen LogP contribution in [-0.2, 0) is 14.4 Å². The Kier molecular flexibility index (Phi) is 44.3. The monoisotopic (exact) mass is 653 g/mol. The molecule has 5 nitrogen and oxygen atoms in total. The molecule has 0 bridgehead atoms. The van der Waals surface area contributed by atoms with Crippen LogP contribution in [0.1, 0.15) is 222 Å². The second kappa shape index (κ2) is 41.6. The van der Waals surface area contributed by atoms with Gasteiger partial charge in [0.15, 0.2) is 0 Å². The fourth-order valence-corrected chi connectivity index (χ4v) is 5.71. The highest BCUT2D eigenvalue weighted by molar-refractivity contribution is 5.76. The lowest BCUT2D eigenvalue weighted by Crippen LogP contribution is -2.32. The van der Waals surface area contributed by atoms with Crippen molar-refractivity contribution in [3.63, 3.8) is 0 Å². The van der Waals surface area contributed by atoms with E-state index in [1.807, 2.05) is 18.7 Å². The van der Waals surface area contributed by atoms with Crippen LogP contribution in [0.5, 0.6) is 0 Å². The number of unbranched alkanes of at least 4 members (excludes halogenated alkanes) is 13. The summed E-state index contributed by atoms with van der Waals surface area (Å²) in [6.07, 6.45) is 29.6. The van der Waals surface area contributed by atoms with Crippen molar-refractivity contribution < 1.29 is 14.4 Å². The van der Waals surface area contributed by atoms with E-state index in [0.717, 1.165) is 89.8 Å². The zero-order valence-corrected chi connectivity index (χ0v) is 32.8. The van der Waals surface area contributed by atoms with Gasteiger partial charge in [-0.1, -0.05) is 151 Å².